The fourth-order valence-corrected chi connectivity index (χ4v) is 5.68. The van der Waals surface area contributed by atoms with Crippen LogP contribution < -0.4 is 15.3 Å². The summed E-state index contributed by atoms with van der Waals surface area (Å²) in [5.41, 5.74) is 7.09. The van der Waals surface area contributed by atoms with E-state index in [1.54, 1.807) is 36.4 Å². The molecule has 0 atom stereocenters. The average molecular weight is 661 g/mol. The summed E-state index contributed by atoms with van der Waals surface area (Å²) in [6.07, 6.45) is 0. The Hall–Kier alpha value is -4.75. The Bertz CT molecular complexity index is 1590. The predicted octanol–water partition coefficient (Wildman–Crippen LogP) is 8.88. The van der Waals surface area contributed by atoms with E-state index in [0.717, 1.165) is 0 Å². The first-order valence-corrected chi connectivity index (χ1v) is 16.3. The second-order valence-electron chi connectivity index (χ2n) is 13.5. The summed E-state index contributed by atoms with van der Waals surface area (Å²) in [6.45, 7) is 13.0. The summed E-state index contributed by atoms with van der Waals surface area (Å²) >= 11 is 0. The molecule has 6 aromatic carbocycles. The van der Waals surface area contributed by atoms with Crippen LogP contribution in [0.2, 0.25) is 0 Å². The van der Waals surface area contributed by atoms with E-state index in [9.17, 15) is 15.3 Å². The second-order valence-corrected chi connectivity index (χ2v) is 13.5. The Morgan fingerprint density at radius 1 is 0.265 bits per heavy atom. The van der Waals surface area contributed by atoms with Crippen molar-refractivity contribution >= 4 is 17.4 Å². The van der Waals surface area contributed by atoms with E-state index in [1.807, 2.05) is 91.0 Å². The maximum absolute atomic E-state index is 11.1. The first kappa shape index (κ1) is 38.7. The molecule has 4 heteroatoms. The minimum Gasteiger partial charge on any atom is -0.872 e. The van der Waals surface area contributed by atoms with Crippen LogP contribution in [-0.4, -0.2) is 17.4 Å². The van der Waals surface area contributed by atoms with Crippen molar-refractivity contribution in [1.82, 2.24) is 0 Å². The van der Waals surface area contributed by atoms with Crippen LogP contribution in [0.1, 0.15) is 74.9 Å². The molecule has 0 saturated heterocycles. The van der Waals surface area contributed by atoms with Crippen molar-refractivity contribution in [2.24, 2.45) is 0 Å². The molecule has 246 valence electrons. The summed E-state index contributed by atoms with van der Waals surface area (Å²) < 4.78 is 0. The average Bonchev–Trinajstić information content (AvgIpc) is 3.11. The summed E-state index contributed by atoms with van der Waals surface area (Å²) in [6, 6.07) is 52.2. The van der Waals surface area contributed by atoms with E-state index in [1.165, 1.54) is 33.4 Å². The van der Waals surface area contributed by atoms with E-state index in [0.29, 0.717) is 0 Å². The van der Waals surface area contributed by atoms with Gasteiger partial charge in [-0.15, -0.1) is 17.2 Å². The van der Waals surface area contributed by atoms with Crippen molar-refractivity contribution in [3.05, 3.63) is 197 Å². The van der Waals surface area contributed by atoms with Gasteiger partial charge in [-0.1, -0.05) is 205 Å². The normalized spacial score (nSPS) is 11.1. The smallest absolute Gasteiger partial charge is 0.872 e. The molecule has 0 N–H and O–H groups in total. The molecule has 0 aliphatic carbocycles. The van der Waals surface area contributed by atoms with Gasteiger partial charge in [0.1, 0.15) is 0 Å². The Labute approximate surface area is 303 Å². The van der Waals surface area contributed by atoms with Gasteiger partial charge in [-0.3, -0.25) is 0 Å². The monoisotopic (exact) mass is 660 g/mol. The minimum atomic E-state index is -0.0606. The predicted molar refractivity (Wildman–Crippen MR) is 199 cm³/mol. The zero-order chi connectivity index (χ0) is 34.8. The van der Waals surface area contributed by atoms with Gasteiger partial charge >= 0.3 is 17.4 Å². The molecule has 0 unspecified atom stereocenters. The first-order chi connectivity index (χ1) is 22.8. The molecule has 49 heavy (non-hydrogen) atoms. The molecular formula is C45H45AlO3. The molecule has 0 aliphatic rings. The summed E-state index contributed by atoms with van der Waals surface area (Å²) in [5.74, 6) is 0.188. The van der Waals surface area contributed by atoms with Crippen LogP contribution in [0.4, 0.5) is 0 Å². The summed E-state index contributed by atoms with van der Waals surface area (Å²) in [7, 11) is 0. The topological polar surface area (TPSA) is 69.2 Å². The van der Waals surface area contributed by atoms with Crippen molar-refractivity contribution in [3.63, 3.8) is 0 Å². The maximum Gasteiger partial charge on any atom is 3.00 e. The fourth-order valence-electron chi connectivity index (χ4n) is 5.68. The third-order valence-corrected chi connectivity index (χ3v) is 9.21. The van der Waals surface area contributed by atoms with Crippen LogP contribution >= 0.6 is 0 Å². The van der Waals surface area contributed by atoms with Gasteiger partial charge in [-0.25, -0.2) is 0 Å². The summed E-state index contributed by atoms with van der Waals surface area (Å²) in [4.78, 5) is 0. The fraction of sp³-hybridized carbons (Fsp3) is 0.200. The summed E-state index contributed by atoms with van der Waals surface area (Å²) in [5, 5.41) is 33.3. The van der Waals surface area contributed by atoms with Gasteiger partial charge < -0.3 is 15.3 Å². The van der Waals surface area contributed by atoms with E-state index in [-0.39, 0.29) is 50.9 Å². The Kier molecular flexibility index (Phi) is 13.5. The van der Waals surface area contributed by atoms with Gasteiger partial charge in [0.15, 0.2) is 0 Å². The molecule has 6 aromatic rings. The van der Waals surface area contributed by atoms with Gasteiger partial charge in [0.2, 0.25) is 0 Å². The van der Waals surface area contributed by atoms with E-state index < -0.39 is 0 Å². The van der Waals surface area contributed by atoms with Gasteiger partial charge in [0.25, 0.3) is 0 Å². The molecule has 0 saturated carbocycles. The van der Waals surface area contributed by atoms with Crippen LogP contribution in [0.15, 0.2) is 164 Å². The third-order valence-electron chi connectivity index (χ3n) is 9.21. The number of benzene rings is 6. The molecule has 0 aliphatic heterocycles. The van der Waals surface area contributed by atoms with Crippen LogP contribution in [0.25, 0.3) is 0 Å². The molecule has 0 heterocycles. The molecule has 0 aromatic heterocycles. The standard InChI is InChI=1S/3C15H16O.Al/c3*1-15(2,12-6-4-3-5-7-12)13-8-10-14(16)11-9-13;/h3*3-11,16H,1-2H3;/q;;;+3/p-3. The van der Waals surface area contributed by atoms with Crippen LogP contribution in [-0.2, 0) is 16.2 Å². The number of hydrogen-bond acceptors (Lipinski definition) is 3. The van der Waals surface area contributed by atoms with E-state index in [2.05, 4.69) is 77.9 Å². The minimum absolute atomic E-state index is 0. The number of hydrogen-bond donors (Lipinski definition) is 0. The van der Waals surface area contributed by atoms with Crippen molar-refractivity contribution < 1.29 is 15.3 Å². The molecular weight excluding hydrogens is 615 g/mol. The third kappa shape index (κ3) is 10.1. The maximum atomic E-state index is 11.1. The Morgan fingerprint density at radius 2 is 0.429 bits per heavy atom. The Morgan fingerprint density at radius 3 is 0.612 bits per heavy atom. The molecule has 0 fully saturated rings. The van der Waals surface area contributed by atoms with Crippen LogP contribution in [0.5, 0.6) is 17.2 Å². The number of rotatable bonds is 6. The first-order valence-electron chi connectivity index (χ1n) is 16.3. The molecule has 0 spiro atoms. The van der Waals surface area contributed by atoms with Crippen molar-refractivity contribution in [2.75, 3.05) is 0 Å². The van der Waals surface area contributed by atoms with Crippen molar-refractivity contribution in [1.29, 1.82) is 0 Å². The van der Waals surface area contributed by atoms with Gasteiger partial charge in [-0.05, 0) is 33.4 Å². The van der Waals surface area contributed by atoms with Gasteiger partial charge in [0, 0.05) is 16.2 Å². The van der Waals surface area contributed by atoms with Crippen molar-refractivity contribution in [3.8, 4) is 17.2 Å². The van der Waals surface area contributed by atoms with E-state index in [4.69, 9.17) is 0 Å². The zero-order valence-corrected chi connectivity index (χ0v) is 30.5. The van der Waals surface area contributed by atoms with Gasteiger partial charge in [-0.2, -0.15) is 0 Å². The van der Waals surface area contributed by atoms with Crippen LogP contribution in [0, 0.1) is 0 Å². The molecule has 0 amide bonds. The SMILES string of the molecule is CC(C)(c1ccccc1)c1ccc([O-])cc1.CC(C)(c1ccccc1)c1ccc([O-])cc1.CC(C)(c1ccccc1)c1ccc([O-])cc1.[Al+3]. The van der Waals surface area contributed by atoms with Crippen molar-refractivity contribution in [2.45, 2.75) is 57.8 Å². The van der Waals surface area contributed by atoms with E-state index >= 15 is 0 Å². The van der Waals surface area contributed by atoms with Crippen LogP contribution in [0.3, 0.4) is 0 Å². The molecule has 0 bridgehead atoms. The second kappa shape index (κ2) is 17.1. The molecule has 3 nitrogen and oxygen atoms in total. The largest absolute Gasteiger partial charge is 3.00 e. The molecule has 0 radical (unpaired) electrons. The molecule has 6 rings (SSSR count). The quantitative estimate of drug-likeness (QED) is 0.168. The Balaban J connectivity index is 0.000000197. The zero-order valence-electron chi connectivity index (χ0n) is 29.4. The van der Waals surface area contributed by atoms with Gasteiger partial charge in [0.05, 0.1) is 0 Å².